The summed E-state index contributed by atoms with van der Waals surface area (Å²) in [6.45, 7) is 4.00. The Hall–Kier alpha value is -1.74. The molecule has 0 amide bonds. The highest BCUT2D eigenvalue weighted by atomic mass is 14.8. The summed E-state index contributed by atoms with van der Waals surface area (Å²) in [5, 5.41) is 0. The average molecular weight is 227 g/mol. The van der Waals surface area contributed by atoms with Gasteiger partial charge in [0.25, 0.3) is 0 Å². The molecule has 2 rings (SSSR count). The Morgan fingerprint density at radius 3 is 2.35 bits per heavy atom. The predicted octanol–water partition coefficient (Wildman–Crippen LogP) is 2.34. The van der Waals surface area contributed by atoms with Crippen molar-refractivity contribution < 1.29 is 0 Å². The van der Waals surface area contributed by atoms with Crippen LogP contribution in [0.4, 0.5) is 0 Å². The van der Waals surface area contributed by atoms with Gasteiger partial charge in [0.2, 0.25) is 0 Å². The smallest absolute Gasteiger partial charge is 0.0757 e. The number of aromatic nitrogens is 2. The number of nitrogens with zero attached hydrogens (tertiary/aromatic N) is 2. The van der Waals surface area contributed by atoms with E-state index in [2.05, 4.69) is 41.2 Å². The fourth-order valence-electron chi connectivity index (χ4n) is 1.68. The SMILES string of the molecule is Cc1ccc(CC(N)c2cnc(C)cn2)cc1. The van der Waals surface area contributed by atoms with Gasteiger partial charge in [-0.25, -0.2) is 0 Å². The highest BCUT2D eigenvalue weighted by molar-refractivity contribution is 5.23. The number of nitrogens with two attached hydrogens (primary N) is 1. The first-order valence-electron chi connectivity index (χ1n) is 5.75. The first-order chi connectivity index (χ1) is 8.15. The Bertz CT molecular complexity index is 474. The Morgan fingerprint density at radius 2 is 1.76 bits per heavy atom. The highest BCUT2D eigenvalue weighted by Gasteiger charge is 2.08. The molecule has 1 aromatic heterocycles. The van der Waals surface area contributed by atoms with E-state index in [1.165, 1.54) is 11.1 Å². The Balaban J connectivity index is 2.08. The van der Waals surface area contributed by atoms with Crippen molar-refractivity contribution in [2.75, 3.05) is 0 Å². The molecular formula is C14H17N3. The van der Waals surface area contributed by atoms with Gasteiger partial charge in [-0.3, -0.25) is 9.97 Å². The van der Waals surface area contributed by atoms with Crippen molar-refractivity contribution in [3.05, 3.63) is 59.2 Å². The van der Waals surface area contributed by atoms with Crippen LogP contribution in [0, 0.1) is 13.8 Å². The van der Waals surface area contributed by atoms with Gasteiger partial charge in [0.15, 0.2) is 0 Å². The Kier molecular flexibility index (Phi) is 3.49. The second-order valence-electron chi connectivity index (χ2n) is 4.38. The van der Waals surface area contributed by atoms with Crippen LogP contribution in [0.1, 0.15) is 28.6 Å². The van der Waals surface area contributed by atoms with E-state index in [0.717, 1.165) is 17.8 Å². The molecule has 3 nitrogen and oxygen atoms in total. The molecule has 0 aliphatic heterocycles. The number of hydrogen-bond acceptors (Lipinski definition) is 3. The number of aryl methyl sites for hydroxylation is 2. The second kappa shape index (κ2) is 5.06. The van der Waals surface area contributed by atoms with Crippen molar-refractivity contribution in [1.82, 2.24) is 9.97 Å². The minimum atomic E-state index is -0.0918. The maximum absolute atomic E-state index is 6.11. The zero-order valence-corrected chi connectivity index (χ0v) is 10.2. The first-order valence-corrected chi connectivity index (χ1v) is 5.75. The van der Waals surface area contributed by atoms with Gasteiger partial charge in [-0.2, -0.15) is 0 Å². The van der Waals surface area contributed by atoms with Crippen LogP contribution in [0.15, 0.2) is 36.7 Å². The lowest BCUT2D eigenvalue weighted by Crippen LogP contribution is -2.15. The maximum atomic E-state index is 6.11. The Labute approximate surface area is 102 Å². The van der Waals surface area contributed by atoms with E-state index in [9.17, 15) is 0 Å². The lowest BCUT2D eigenvalue weighted by molar-refractivity contribution is 0.689. The molecule has 0 saturated carbocycles. The monoisotopic (exact) mass is 227 g/mol. The summed E-state index contributed by atoms with van der Waals surface area (Å²) in [5.41, 5.74) is 10.4. The topological polar surface area (TPSA) is 51.8 Å². The van der Waals surface area contributed by atoms with Gasteiger partial charge >= 0.3 is 0 Å². The van der Waals surface area contributed by atoms with E-state index in [1.807, 2.05) is 6.92 Å². The summed E-state index contributed by atoms with van der Waals surface area (Å²) in [4.78, 5) is 8.52. The van der Waals surface area contributed by atoms with Gasteiger partial charge in [0, 0.05) is 6.20 Å². The molecule has 0 radical (unpaired) electrons. The van der Waals surface area contributed by atoms with E-state index in [4.69, 9.17) is 5.73 Å². The molecule has 0 aliphatic rings. The summed E-state index contributed by atoms with van der Waals surface area (Å²) in [6.07, 6.45) is 4.30. The zero-order chi connectivity index (χ0) is 12.3. The molecule has 1 aromatic carbocycles. The molecule has 2 aromatic rings. The van der Waals surface area contributed by atoms with Gasteiger partial charge in [-0.05, 0) is 25.8 Å². The Morgan fingerprint density at radius 1 is 1.06 bits per heavy atom. The molecule has 3 heteroatoms. The molecule has 1 atom stereocenters. The van der Waals surface area contributed by atoms with Gasteiger partial charge < -0.3 is 5.73 Å². The van der Waals surface area contributed by atoms with Crippen molar-refractivity contribution in [2.45, 2.75) is 26.3 Å². The average Bonchev–Trinajstić information content (AvgIpc) is 2.33. The van der Waals surface area contributed by atoms with Crippen molar-refractivity contribution >= 4 is 0 Å². The van der Waals surface area contributed by atoms with Crippen LogP contribution < -0.4 is 5.73 Å². The largest absolute Gasteiger partial charge is 0.322 e. The highest BCUT2D eigenvalue weighted by Crippen LogP contribution is 2.14. The van der Waals surface area contributed by atoms with E-state index in [1.54, 1.807) is 12.4 Å². The van der Waals surface area contributed by atoms with Gasteiger partial charge in [-0.15, -0.1) is 0 Å². The van der Waals surface area contributed by atoms with Crippen LogP contribution in [0.3, 0.4) is 0 Å². The normalized spacial score (nSPS) is 12.4. The second-order valence-corrected chi connectivity index (χ2v) is 4.38. The zero-order valence-electron chi connectivity index (χ0n) is 10.2. The molecule has 0 fully saturated rings. The summed E-state index contributed by atoms with van der Waals surface area (Å²) in [7, 11) is 0. The maximum Gasteiger partial charge on any atom is 0.0757 e. The molecule has 0 spiro atoms. The summed E-state index contributed by atoms with van der Waals surface area (Å²) >= 11 is 0. The molecule has 2 N–H and O–H groups in total. The number of hydrogen-bond donors (Lipinski definition) is 1. The fourth-order valence-corrected chi connectivity index (χ4v) is 1.68. The molecule has 17 heavy (non-hydrogen) atoms. The van der Waals surface area contributed by atoms with E-state index in [-0.39, 0.29) is 6.04 Å². The lowest BCUT2D eigenvalue weighted by Gasteiger charge is -2.11. The van der Waals surface area contributed by atoms with E-state index in [0.29, 0.717) is 0 Å². The molecule has 0 saturated heterocycles. The molecule has 0 aliphatic carbocycles. The van der Waals surface area contributed by atoms with Gasteiger partial charge in [0.1, 0.15) is 0 Å². The quantitative estimate of drug-likeness (QED) is 0.875. The van der Waals surface area contributed by atoms with Gasteiger partial charge in [-0.1, -0.05) is 29.8 Å². The molecule has 0 bridgehead atoms. The lowest BCUT2D eigenvalue weighted by atomic mass is 10.0. The van der Waals surface area contributed by atoms with Crippen LogP contribution in [0.5, 0.6) is 0 Å². The van der Waals surface area contributed by atoms with Crippen LogP contribution in [-0.2, 0) is 6.42 Å². The first kappa shape index (κ1) is 11.7. The molecule has 88 valence electrons. The van der Waals surface area contributed by atoms with Crippen LogP contribution in [0.25, 0.3) is 0 Å². The van der Waals surface area contributed by atoms with E-state index >= 15 is 0 Å². The summed E-state index contributed by atoms with van der Waals surface area (Å²) in [5.74, 6) is 0. The minimum absolute atomic E-state index is 0.0918. The van der Waals surface area contributed by atoms with Crippen molar-refractivity contribution in [2.24, 2.45) is 5.73 Å². The van der Waals surface area contributed by atoms with Crippen LogP contribution in [0.2, 0.25) is 0 Å². The minimum Gasteiger partial charge on any atom is -0.322 e. The summed E-state index contributed by atoms with van der Waals surface area (Å²) < 4.78 is 0. The van der Waals surface area contributed by atoms with E-state index < -0.39 is 0 Å². The number of rotatable bonds is 3. The molecule has 1 heterocycles. The fraction of sp³-hybridized carbons (Fsp3) is 0.286. The van der Waals surface area contributed by atoms with Crippen LogP contribution >= 0.6 is 0 Å². The van der Waals surface area contributed by atoms with Gasteiger partial charge in [0.05, 0.1) is 23.6 Å². The van der Waals surface area contributed by atoms with Crippen molar-refractivity contribution in [3.63, 3.8) is 0 Å². The van der Waals surface area contributed by atoms with Crippen molar-refractivity contribution in [1.29, 1.82) is 0 Å². The molecular weight excluding hydrogens is 210 g/mol. The third-order valence-electron chi connectivity index (χ3n) is 2.76. The number of benzene rings is 1. The molecule has 1 unspecified atom stereocenters. The summed E-state index contributed by atoms with van der Waals surface area (Å²) in [6, 6.07) is 8.32. The third kappa shape index (κ3) is 3.11. The predicted molar refractivity (Wildman–Crippen MR) is 68.6 cm³/mol. The standard InChI is InChI=1S/C14H17N3/c1-10-3-5-12(6-4-10)7-13(15)14-9-16-11(2)8-17-14/h3-6,8-9,13H,7,15H2,1-2H3. The van der Waals surface area contributed by atoms with Crippen molar-refractivity contribution in [3.8, 4) is 0 Å². The third-order valence-corrected chi connectivity index (χ3v) is 2.76. The van der Waals surface area contributed by atoms with Crippen LogP contribution in [-0.4, -0.2) is 9.97 Å².